The maximum absolute atomic E-state index is 12.8. The number of carbonyl (C=O) groups excluding carboxylic acids is 2. The van der Waals surface area contributed by atoms with Crippen molar-refractivity contribution in [2.75, 3.05) is 14.1 Å². The molecule has 1 rings (SSSR count). The fourth-order valence-corrected chi connectivity index (χ4v) is 0.953. The average molecular weight is 176 g/mol. The Bertz CT molecular complexity index is 211. The Labute approximate surface area is 68.4 Å². The van der Waals surface area contributed by atoms with Crippen molar-refractivity contribution in [1.82, 2.24) is 9.80 Å². The van der Waals surface area contributed by atoms with Gasteiger partial charge in [0.2, 0.25) is 6.17 Å². The predicted molar refractivity (Wildman–Crippen MR) is 36.8 cm³/mol. The molecule has 0 aromatic carbocycles. The minimum absolute atomic E-state index is 0.636. The van der Waals surface area contributed by atoms with Gasteiger partial charge < -0.3 is 5.11 Å². The highest BCUT2D eigenvalue weighted by Crippen LogP contribution is 2.15. The molecule has 0 aromatic heterocycles. The highest BCUT2D eigenvalue weighted by molar-refractivity contribution is 5.99. The molecule has 1 aliphatic heterocycles. The third-order valence-electron chi connectivity index (χ3n) is 1.81. The number of rotatable bonds is 0. The van der Waals surface area contributed by atoms with E-state index < -0.39 is 24.3 Å². The van der Waals surface area contributed by atoms with Gasteiger partial charge in [0.15, 0.2) is 6.23 Å². The lowest BCUT2D eigenvalue weighted by molar-refractivity contribution is -0.148. The predicted octanol–water partition coefficient (Wildman–Crippen LogP) is -0.833. The molecule has 3 amide bonds. The summed E-state index contributed by atoms with van der Waals surface area (Å²) in [5, 5.41) is 8.99. The second-order valence-electron chi connectivity index (χ2n) is 2.61. The Balaban J connectivity index is 2.91. The zero-order chi connectivity index (χ0) is 9.46. The van der Waals surface area contributed by atoms with E-state index in [1.54, 1.807) is 0 Å². The van der Waals surface area contributed by atoms with Crippen LogP contribution in [0.5, 0.6) is 0 Å². The molecule has 1 fully saturated rings. The normalized spacial score (nSPS) is 31.3. The van der Waals surface area contributed by atoms with E-state index in [4.69, 9.17) is 5.11 Å². The third kappa shape index (κ3) is 1.04. The summed E-state index contributed by atoms with van der Waals surface area (Å²) < 4.78 is 12.8. The topological polar surface area (TPSA) is 60.9 Å². The van der Waals surface area contributed by atoms with Crippen LogP contribution < -0.4 is 0 Å². The van der Waals surface area contributed by atoms with Crippen LogP contribution in [0.3, 0.4) is 0 Å². The molecule has 6 heteroatoms. The Hall–Kier alpha value is -1.17. The van der Waals surface area contributed by atoms with Gasteiger partial charge in [0.05, 0.1) is 0 Å². The molecule has 68 valence electrons. The van der Waals surface area contributed by atoms with E-state index in [9.17, 15) is 14.0 Å². The van der Waals surface area contributed by atoms with Gasteiger partial charge in [-0.05, 0) is 0 Å². The van der Waals surface area contributed by atoms with Crippen LogP contribution in [-0.4, -0.2) is 53.3 Å². The highest BCUT2D eigenvalue weighted by atomic mass is 19.1. The maximum atomic E-state index is 12.8. The number of aliphatic hydroxyl groups excluding tert-OH is 1. The van der Waals surface area contributed by atoms with Crippen LogP contribution in [0, 0.1) is 0 Å². The zero-order valence-electron chi connectivity index (χ0n) is 6.69. The van der Waals surface area contributed by atoms with E-state index in [1.165, 1.54) is 14.1 Å². The second-order valence-corrected chi connectivity index (χ2v) is 2.61. The standard InChI is InChI=1S/C6H9FN2O3/c1-8-4(10)3(7)5(11)9(2)6(8)12/h3-4,10H,1-2H3/t3-,4-/m1/s1. The first-order valence-corrected chi connectivity index (χ1v) is 3.33. The number of imide groups is 1. The summed E-state index contributed by atoms with van der Waals surface area (Å²) in [5.41, 5.74) is 0. The molecule has 0 radical (unpaired) electrons. The van der Waals surface area contributed by atoms with Crippen LogP contribution in [-0.2, 0) is 4.79 Å². The Kier molecular flexibility index (Phi) is 2.01. The molecule has 0 aromatic rings. The first kappa shape index (κ1) is 8.92. The van der Waals surface area contributed by atoms with Crippen molar-refractivity contribution in [3.63, 3.8) is 0 Å². The lowest BCUT2D eigenvalue weighted by Gasteiger charge is -2.35. The lowest BCUT2D eigenvalue weighted by Crippen LogP contribution is -2.60. The van der Waals surface area contributed by atoms with Crippen molar-refractivity contribution in [2.45, 2.75) is 12.4 Å². The number of hydrogen-bond acceptors (Lipinski definition) is 3. The fraction of sp³-hybridized carbons (Fsp3) is 0.667. The summed E-state index contributed by atoms with van der Waals surface area (Å²) in [5.74, 6) is -1.01. The van der Waals surface area contributed by atoms with E-state index >= 15 is 0 Å². The molecule has 5 nitrogen and oxygen atoms in total. The molecule has 0 bridgehead atoms. The van der Waals surface area contributed by atoms with Gasteiger partial charge in [-0.3, -0.25) is 14.6 Å². The van der Waals surface area contributed by atoms with Crippen LogP contribution in [0.1, 0.15) is 0 Å². The van der Waals surface area contributed by atoms with Gasteiger partial charge in [-0.2, -0.15) is 0 Å². The van der Waals surface area contributed by atoms with Crippen molar-refractivity contribution in [3.05, 3.63) is 0 Å². The molecule has 1 aliphatic rings. The first-order chi connectivity index (χ1) is 5.46. The van der Waals surface area contributed by atoms with Gasteiger partial charge >= 0.3 is 6.03 Å². The minimum atomic E-state index is -2.04. The quantitative estimate of drug-likeness (QED) is 0.524. The number of hydrogen-bond donors (Lipinski definition) is 1. The van der Waals surface area contributed by atoms with Gasteiger partial charge in [-0.25, -0.2) is 9.18 Å². The van der Waals surface area contributed by atoms with Crippen LogP contribution in [0.2, 0.25) is 0 Å². The smallest absolute Gasteiger partial charge is 0.328 e. The number of halogens is 1. The zero-order valence-corrected chi connectivity index (χ0v) is 6.69. The highest BCUT2D eigenvalue weighted by Gasteiger charge is 2.42. The molecule has 1 heterocycles. The van der Waals surface area contributed by atoms with Crippen LogP contribution in [0.25, 0.3) is 0 Å². The van der Waals surface area contributed by atoms with Crippen LogP contribution >= 0.6 is 0 Å². The van der Waals surface area contributed by atoms with Gasteiger partial charge in [0, 0.05) is 14.1 Å². The number of alkyl halides is 1. The van der Waals surface area contributed by atoms with E-state index in [-0.39, 0.29) is 0 Å². The van der Waals surface area contributed by atoms with Crippen molar-refractivity contribution < 1.29 is 19.1 Å². The minimum Gasteiger partial charge on any atom is -0.370 e. The van der Waals surface area contributed by atoms with Crippen molar-refractivity contribution in [3.8, 4) is 0 Å². The van der Waals surface area contributed by atoms with Crippen molar-refractivity contribution in [2.24, 2.45) is 0 Å². The summed E-state index contributed by atoms with van der Waals surface area (Å²) in [4.78, 5) is 23.2. The molecule has 0 saturated carbocycles. The number of nitrogens with zero attached hydrogens (tertiary/aromatic N) is 2. The van der Waals surface area contributed by atoms with Gasteiger partial charge in [-0.1, -0.05) is 0 Å². The molecule has 2 atom stereocenters. The Morgan fingerprint density at radius 3 is 2.42 bits per heavy atom. The van der Waals surface area contributed by atoms with Crippen molar-refractivity contribution in [1.29, 1.82) is 0 Å². The lowest BCUT2D eigenvalue weighted by atomic mass is 10.2. The number of urea groups is 1. The molecular formula is C6H9FN2O3. The number of aliphatic hydroxyl groups is 1. The maximum Gasteiger partial charge on any atom is 0.328 e. The summed E-state index contributed by atoms with van der Waals surface area (Å²) in [6, 6.07) is -0.707. The summed E-state index contributed by atoms with van der Waals surface area (Å²) in [6.45, 7) is 0. The number of amides is 3. The van der Waals surface area contributed by atoms with Gasteiger partial charge in [0.25, 0.3) is 5.91 Å². The van der Waals surface area contributed by atoms with E-state index in [2.05, 4.69) is 0 Å². The molecule has 0 aliphatic carbocycles. The van der Waals surface area contributed by atoms with E-state index in [0.29, 0.717) is 4.90 Å². The largest absolute Gasteiger partial charge is 0.370 e. The van der Waals surface area contributed by atoms with Crippen LogP contribution in [0.4, 0.5) is 9.18 Å². The molecule has 1 N–H and O–H groups in total. The number of carbonyl (C=O) groups is 2. The van der Waals surface area contributed by atoms with Crippen molar-refractivity contribution >= 4 is 11.9 Å². The summed E-state index contributed by atoms with van der Waals surface area (Å²) in [7, 11) is 2.39. The fourth-order valence-electron chi connectivity index (χ4n) is 0.953. The monoisotopic (exact) mass is 176 g/mol. The molecule has 1 saturated heterocycles. The van der Waals surface area contributed by atoms with Gasteiger partial charge in [0.1, 0.15) is 0 Å². The van der Waals surface area contributed by atoms with Gasteiger partial charge in [-0.15, -0.1) is 0 Å². The summed E-state index contributed by atoms with van der Waals surface area (Å²) in [6.07, 6.45) is -3.71. The Morgan fingerprint density at radius 2 is 1.92 bits per heavy atom. The average Bonchev–Trinajstić information content (AvgIpc) is 2.08. The molecular weight excluding hydrogens is 167 g/mol. The molecule has 12 heavy (non-hydrogen) atoms. The second kappa shape index (κ2) is 2.71. The van der Waals surface area contributed by atoms with E-state index in [0.717, 1.165) is 4.90 Å². The molecule has 0 spiro atoms. The van der Waals surface area contributed by atoms with E-state index in [1.807, 2.05) is 0 Å². The van der Waals surface area contributed by atoms with Crippen LogP contribution in [0.15, 0.2) is 0 Å². The summed E-state index contributed by atoms with van der Waals surface area (Å²) >= 11 is 0. The molecule has 0 unspecified atom stereocenters. The SMILES string of the molecule is CN1C(=O)[C@H](F)[C@@H](O)N(C)C1=O. The Morgan fingerprint density at radius 1 is 1.42 bits per heavy atom. The first-order valence-electron chi connectivity index (χ1n) is 3.33. The third-order valence-corrected chi connectivity index (χ3v) is 1.81.